The van der Waals surface area contributed by atoms with E-state index in [0.29, 0.717) is 42.2 Å². The first-order valence-electron chi connectivity index (χ1n) is 8.97. The number of fused-ring (bicyclic) bond motifs is 1. The molecule has 1 N–H and O–H groups in total. The Kier molecular flexibility index (Phi) is 5.06. The zero-order valence-corrected chi connectivity index (χ0v) is 15.2. The van der Waals surface area contributed by atoms with Crippen LogP contribution in [0.15, 0.2) is 53.6 Å². The van der Waals surface area contributed by atoms with Gasteiger partial charge in [-0.15, -0.1) is 13.2 Å². The molecule has 0 radical (unpaired) electrons. The first-order chi connectivity index (χ1) is 13.9. The molecule has 150 valence electrons. The number of benzene rings is 1. The number of pyridine rings is 1. The van der Waals surface area contributed by atoms with Crippen molar-refractivity contribution in [2.45, 2.75) is 25.9 Å². The summed E-state index contributed by atoms with van der Waals surface area (Å²) in [5, 5.41) is 0. The molecule has 2 aromatic heterocycles. The van der Waals surface area contributed by atoms with Crippen LogP contribution in [0.2, 0.25) is 0 Å². The second kappa shape index (κ2) is 7.67. The zero-order chi connectivity index (χ0) is 20.4. The van der Waals surface area contributed by atoms with Crippen molar-refractivity contribution in [1.82, 2.24) is 19.9 Å². The summed E-state index contributed by atoms with van der Waals surface area (Å²) in [6, 6.07) is 9.56. The lowest BCUT2D eigenvalue weighted by atomic mass is 10.0. The summed E-state index contributed by atoms with van der Waals surface area (Å²) < 4.78 is 42.1. The van der Waals surface area contributed by atoms with Crippen LogP contribution in [0.25, 0.3) is 11.4 Å². The maximum Gasteiger partial charge on any atom is 0.573 e. The number of alkyl halides is 3. The van der Waals surface area contributed by atoms with E-state index in [1.807, 2.05) is 4.90 Å². The van der Waals surface area contributed by atoms with Crippen LogP contribution < -0.4 is 10.3 Å². The van der Waals surface area contributed by atoms with Gasteiger partial charge in [-0.2, -0.15) is 0 Å². The quantitative estimate of drug-likeness (QED) is 0.725. The molecule has 6 nitrogen and oxygen atoms in total. The second-order valence-corrected chi connectivity index (χ2v) is 6.69. The Bertz CT molecular complexity index is 1070. The van der Waals surface area contributed by atoms with Crippen molar-refractivity contribution in [2.75, 3.05) is 6.54 Å². The monoisotopic (exact) mass is 402 g/mol. The average Bonchev–Trinajstić information content (AvgIpc) is 2.69. The Morgan fingerprint density at radius 2 is 1.90 bits per heavy atom. The number of para-hydroxylation sites is 1. The van der Waals surface area contributed by atoms with E-state index in [2.05, 4.69) is 19.7 Å². The van der Waals surface area contributed by atoms with E-state index < -0.39 is 6.36 Å². The van der Waals surface area contributed by atoms with E-state index in [1.165, 1.54) is 12.1 Å². The van der Waals surface area contributed by atoms with Crippen LogP contribution in [-0.2, 0) is 19.5 Å². The average molecular weight is 402 g/mol. The molecule has 0 saturated carbocycles. The van der Waals surface area contributed by atoms with Crippen LogP contribution in [0, 0.1) is 0 Å². The molecule has 1 aliphatic heterocycles. The second-order valence-electron chi connectivity index (χ2n) is 6.69. The van der Waals surface area contributed by atoms with E-state index >= 15 is 0 Å². The highest BCUT2D eigenvalue weighted by molar-refractivity contribution is 5.54. The molecule has 0 amide bonds. The summed E-state index contributed by atoms with van der Waals surface area (Å²) in [5.41, 5.74) is 2.20. The third-order valence-electron chi connectivity index (χ3n) is 4.70. The van der Waals surface area contributed by atoms with Crippen LogP contribution in [0.1, 0.15) is 16.8 Å². The number of aromatic nitrogens is 3. The van der Waals surface area contributed by atoms with Gasteiger partial charge in [0.2, 0.25) is 0 Å². The van der Waals surface area contributed by atoms with Gasteiger partial charge >= 0.3 is 6.36 Å². The summed E-state index contributed by atoms with van der Waals surface area (Å²) in [6.45, 7) is 1.15. The topological polar surface area (TPSA) is 71.1 Å². The molecular formula is C20H17F3N4O2. The van der Waals surface area contributed by atoms with Crippen molar-refractivity contribution < 1.29 is 17.9 Å². The van der Waals surface area contributed by atoms with E-state index in [-0.39, 0.29) is 17.9 Å². The number of H-pyrrole nitrogens is 1. The molecular weight excluding hydrogens is 385 g/mol. The molecule has 0 unspecified atom stereocenters. The molecule has 9 heteroatoms. The third-order valence-corrected chi connectivity index (χ3v) is 4.70. The predicted molar refractivity (Wildman–Crippen MR) is 99.0 cm³/mol. The van der Waals surface area contributed by atoms with Crippen molar-refractivity contribution in [3.8, 4) is 17.1 Å². The molecule has 1 aromatic carbocycles. The predicted octanol–water partition coefficient (Wildman–Crippen LogP) is 3.29. The fraction of sp³-hybridized carbons (Fsp3) is 0.250. The fourth-order valence-electron chi connectivity index (χ4n) is 3.37. The molecule has 0 spiro atoms. The third kappa shape index (κ3) is 4.45. The minimum absolute atomic E-state index is 0.192. The van der Waals surface area contributed by atoms with Gasteiger partial charge in [0, 0.05) is 48.7 Å². The van der Waals surface area contributed by atoms with Crippen LogP contribution in [-0.4, -0.2) is 32.8 Å². The number of nitrogens with zero attached hydrogens (tertiary/aromatic N) is 3. The number of hydrogen-bond acceptors (Lipinski definition) is 5. The van der Waals surface area contributed by atoms with E-state index in [1.54, 1.807) is 36.7 Å². The number of hydrogen-bond donors (Lipinski definition) is 1. The van der Waals surface area contributed by atoms with E-state index in [9.17, 15) is 18.0 Å². The van der Waals surface area contributed by atoms with Crippen molar-refractivity contribution in [3.63, 3.8) is 0 Å². The highest BCUT2D eigenvalue weighted by atomic mass is 19.4. The molecule has 0 aliphatic carbocycles. The Morgan fingerprint density at radius 3 is 2.66 bits per heavy atom. The van der Waals surface area contributed by atoms with E-state index in [4.69, 9.17) is 0 Å². The Labute approximate surface area is 164 Å². The van der Waals surface area contributed by atoms with Gasteiger partial charge in [-0.05, 0) is 24.6 Å². The van der Waals surface area contributed by atoms with E-state index in [0.717, 1.165) is 5.56 Å². The highest BCUT2D eigenvalue weighted by Gasteiger charge is 2.32. The van der Waals surface area contributed by atoms with Gasteiger partial charge in [-0.25, -0.2) is 4.98 Å². The van der Waals surface area contributed by atoms with Gasteiger partial charge in [0.05, 0.1) is 5.69 Å². The molecule has 3 heterocycles. The lowest BCUT2D eigenvalue weighted by Crippen LogP contribution is -2.35. The minimum atomic E-state index is -4.75. The SMILES string of the molecule is O=c1[nH]c(-c2ccncc2)nc2c1CCN(Cc1ccccc1OC(F)(F)F)C2. The number of rotatable bonds is 4. The molecule has 3 aromatic rings. The smallest absolute Gasteiger partial charge is 0.405 e. The lowest BCUT2D eigenvalue weighted by Gasteiger charge is -2.28. The Morgan fingerprint density at radius 1 is 1.14 bits per heavy atom. The number of ether oxygens (including phenoxy) is 1. The van der Waals surface area contributed by atoms with Gasteiger partial charge in [-0.3, -0.25) is 14.7 Å². The van der Waals surface area contributed by atoms with Gasteiger partial charge < -0.3 is 9.72 Å². The number of aromatic amines is 1. The van der Waals surface area contributed by atoms with Crippen LogP contribution in [0.5, 0.6) is 5.75 Å². The summed E-state index contributed by atoms with van der Waals surface area (Å²) in [4.78, 5) is 25.7. The zero-order valence-electron chi connectivity index (χ0n) is 15.2. The molecule has 0 atom stereocenters. The Balaban J connectivity index is 1.58. The van der Waals surface area contributed by atoms with Gasteiger partial charge in [0.1, 0.15) is 11.6 Å². The van der Waals surface area contributed by atoms with Gasteiger partial charge in [0.15, 0.2) is 0 Å². The number of halogens is 3. The highest BCUT2D eigenvalue weighted by Crippen LogP contribution is 2.28. The van der Waals surface area contributed by atoms with Crippen LogP contribution in [0.3, 0.4) is 0 Å². The molecule has 1 aliphatic rings. The standard InChI is InChI=1S/C20H17F3N4O2/c21-20(22,23)29-17-4-2-1-3-14(17)11-27-10-7-15-16(12-27)25-18(26-19(15)28)13-5-8-24-9-6-13/h1-6,8-9H,7,10-12H2,(H,25,26,28). The molecule has 4 rings (SSSR count). The van der Waals surface area contributed by atoms with Crippen molar-refractivity contribution >= 4 is 0 Å². The first-order valence-corrected chi connectivity index (χ1v) is 8.97. The van der Waals surface area contributed by atoms with Crippen LogP contribution >= 0.6 is 0 Å². The Hall–Kier alpha value is -3.20. The lowest BCUT2D eigenvalue weighted by molar-refractivity contribution is -0.275. The van der Waals surface area contributed by atoms with Crippen molar-refractivity contribution in [1.29, 1.82) is 0 Å². The maximum absolute atomic E-state index is 12.7. The fourth-order valence-corrected chi connectivity index (χ4v) is 3.37. The molecule has 0 bridgehead atoms. The molecule has 0 fully saturated rings. The normalized spacial score (nSPS) is 14.4. The van der Waals surface area contributed by atoms with Crippen LogP contribution in [0.4, 0.5) is 13.2 Å². The van der Waals surface area contributed by atoms with Gasteiger partial charge in [-0.1, -0.05) is 18.2 Å². The summed E-state index contributed by atoms with van der Waals surface area (Å²) in [6.07, 6.45) is -1.06. The first kappa shape index (κ1) is 19.1. The van der Waals surface area contributed by atoms with Crippen molar-refractivity contribution in [2.24, 2.45) is 0 Å². The number of nitrogens with one attached hydrogen (secondary N) is 1. The largest absolute Gasteiger partial charge is 0.573 e. The van der Waals surface area contributed by atoms with Gasteiger partial charge in [0.25, 0.3) is 5.56 Å². The molecule has 0 saturated heterocycles. The minimum Gasteiger partial charge on any atom is -0.405 e. The maximum atomic E-state index is 12.7. The summed E-state index contributed by atoms with van der Waals surface area (Å²) >= 11 is 0. The summed E-state index contributed by atoms with van der Waals surface area (Å²) in [7, 11) is 0. The summed E-state index contributed by atoms with van der Waals surface area (Å²) in [5.74, 6) is 0.223. The van der Waals surface area contributed by atoms with Crippen molar-refractivity contribution in [3.05, 3.63) is 76.0 Å². The molecule has 29 heavy (non-hydrogen) atoms.